The number of rotatable bonds is 8. The van der Waals surface area contributed by atoms with E-state index in [0.29, 0.717) is 0 Å². The van der Waals surface area contributed by atoms with Gasteiger partial charge in [-0.05, 0) is 117 Å². The van der Waals surface area contributed by atoms with Crippen LogP contribution in [-0.2, 0) is 6.42 Å². The van der Waals surface area contributed by atoms with Crippen LogP contribution >= 0.6 is 0 Å². The molecule has 0 heterocycles. The second-order valence-corrected chi connectivity index (χ2v) is 11.3. The largest absolute Gasteiger partial charge is 0.311 e. The van der Waals surface area contributed by atoms with Gasteiger partial charge in [0.1, 0.15) is 0 Å². The van der Waals surface area contributed by atoms with Crippen LogP contribution in [0.25, 0.3) is 11.1 Å². The van der Waals surface area contributed by atoms with E-state index < -0.39 is 0 Å². The highest BCUT2D eigenvalue weighted by molar-refractivity contribution is 5.80. The molecular formula is C41H38N2. The first kappa shape index (κ1) is 28.1. The zero-order valence-electron chi connectivity index (χ0n) is 25.5. The van der Waals surface area contributed by atoms with E-state index in [-0.39, 0.29) is 0 Å². The highest BCUT2D eigenvalue weighted by Crippen LogP contribution is 2.38. The normalized spacial score (nSPS) is 10.9. The van der Waals surface area contributed by atoms with Crippen LogP contribution in [0.2, 0.25) is 0 Å². The van der Waals surface area contributed by atoms with Crippen molar-refractivity contribution in [2.75, 3.05) is 9.80 Å². The van der Waals surface area contributed by atoms with E-state index in [4.69, 9.17) is 0 Å². The van der Waals surface area contributed by atoms with Crippen LogP contribution in [0, 0.1) is 20.8 Å². The van der Waals surface area contributed by atoms with Crippen molar-refractivity contribution in [2.24, 2.45) is 0 Å². The minimum absolute atomic E-state index is 1.03. The average molecular weight is 559 g/mol. The Hall–Kier alpha value is -5.08. The molecule has 0 atom stereocenters. The quantitative estimate of drug-likeness (QED) is 0.183. The summed E-state index contributed by atoms with van der Waals surface area (Å²) >= 11 is 0. The Morgan fingerprint density at radius 3 is 0.814 bits per heavy atom. The predicted molar refractivity (Wildman–Crippen MR) is 185 cm³/mol. The minimum Gasteiger partial charge on any atom is -0.311 e. The predicted octanol–water partition coefficient (Wildman–Crippen LogP) is 11.8. The Morgan fingerprint density at radius 2 is 0.558 bits per heavy atom. The lowest BCUT2D eigenvalue weighted by Crippen LogP contribution is -2.10. The number of hydrogen-bond acceptors (Lipinski definition) is 2. The van der Waals surface area contributed by atoms with E-state index in [2.05, 4.69) is 183 Å². The maximum atomic E-state index is 2.33. The van der Waals surface area contributed by atoms with Gasteiger partial charge in [0.2, 0.25) is 0 Å². The van der Waals surface area contributed by atoms with Crippen LogP contribution in [-0.4, -0.2) is 0 Å². The molecule has 0 saturated heterocycles. The molecule has 6 aromatic carbocycles. The summed E-state index contributed by atoms with van der Waals surface area (Å²) in [5.74, 6) is 0. The van der Waals surface area contributed by atoms with Gasteiger partial charge in [0.05, 0.1) is 0 Å². The van der Waals surface area contributed by atoms with Crippen molar-refractivity contribution in [3.05, 3.63) is 168 Å². The number of benzene rings is 6. The lowest BCUT2D eigenvalue weighted by Gasteiger charge is -2.26. The van der Waals surface area contributed by atoms with Crippen LogP contribution < -0.4 is 9.80 Å². The average Bonchev–Trinajstić information content (AvgIpc) is 3.05. The summed E-state index contributed by atoms with van der Waals surface area (Å²) in [5.41, 5.74) is 14.4. The fourth-order valence-corrected chi connectivity index (χ4v) is 5.46. The number of nitrogens with zero attached hydrogens (tertiary/aromatic N) is 2. The highest BCUT2D eigenvalue weighted by Gasteiger charge is 2.15. The molecule has 0 amide bonds. The molecule has 2 nitrogen and oxygen atoms in total. The van der Waals surface area contributed by atoms with E-state index >= 15 is 0 Å². The molecule has 0 bridgehead atoms. The molecule has 0 spiro atoms. The molecule has 0 aliphatic carbocycles. The lowest BCUT2D eigenvalue weighted by atomic mass is 10.0. The van der Waals surface area contributed by atoms with Crippen molar-refractivity contribution in [1.82, 2.24) is 0 Å². The Balaban J connectivity index is 1.31. The van der Waals surface area contributed by atoms with Crippen LogP contribution in [0.1, 0.15) is 29.2 Å². The number of anilines is 6. The third-order valence-electron chi connectivity index (χ3n) is 8.06. The third-order valence-corrected chi connectivity index (χ3v) is 8.06. The third kappa shape index (κ3) is 6.24. The molecule has 212 valence electrons. The van der Waals surface area contributed by atoms with Crippen molar-refractivity contribution in [2.45, 2.75) is 34.1 Å². The Kier molecular flexibility index (Phi) is 8.11. The molecule has 0 aromatic heterocycles. The fraction of sp³-hybridized carbons (Fsp3) is 0.122. The van der Waals surface area contributed by atoms with Gasteiger partial charge in [0, 0.05) is 34.1 Å². The van der Waals surface area contributed by atoms with E-state index in [9.17, 15) is 0 Å². The summed E-state index contributed by atoms with van der Waals surface area (Å²) in [6, 6.07) is 52.9. The van der Waals surface area contributed by atoms with Crippen LogP contribution in [0.15, 0.2) is 146 Å². The number of hydrogen-bond donors (Lipinski definition) is 0. The van der Waals surface area contributed by atoms with Crippen LogP contribution in [0.4, 0.5) is 34.1 Å². The first-order valence-electron chi connectivity index (χ1n) is 15.1. The molecule has 6 aromatic rings. The van der Waals surface area contributed by atoms with E-state index in [1.165, 1.54) is 33.4 Å². The van der Waals surface area contributed by atoms with E-state index in [0.717, 1.165) is 40.5 Å². The van der Waals surface area contributed by atoms with Gasteiger partial charge < -0.3 is 9.80 Å². The molecule has 2 heteroatoms. The van der Waals surface area contributed by atoms with Gasteiger partial charge in [-0.25, -0.2) is 0 Å². The highest BCUT2D eigenvalue weighted by atomic mass is 15.1. The molecule has 0 aliphatic heterocycles. The monoisotopic (exact) mass is 558 g/mol. The van der Waals surface area contributed by atoms with Crippen molar-refractivity contribution in [1.29, 1.82) is 0 Å². The van der Waals surface area contributed by atoms with Gasteiger partial charge in [0.25, 0.3) is 0 Å². The molecule has 6 rings (SSSR count). The molecule has 0 saturated carbocycles. The first-order valence-corrected chi connectivity index (χ1v) is 15.1. The molecule has 0 radical (unpaired) electrons. The zero-order chi connectivity index (χ0) is 29.8. The van der Waals surface area contributed by atoms with Crippen molar-refractivity contribution < 1.29 is 0 Å². The molecular weight excluding hydrogens is 520 g/mol. The zero-order valence-corrected chi connectivity index (χ0v) is 25.5. The maximum Gasteiger partial charge on any atom is 0.0462 e. The minimum atomic E-state index is 1.03. The molecule has 0 fully saturated rings. The second-order valence-electron chi connectivity index (χ2n) is 11.3. The molecule has 0 unspecified atom stereocenters. The van der Waals surface area contributed by atoms with Gasteiger partial charge in [-0.3, -0.25) is 0 Å². The van der Waals surface area contributed by atoms with Gasteiger partial charge >= 0.3 is 0 Å². The van der Waals surface area contributed by atoms with Gasteiger partial charge in [0.15, 0.2) is 0 Å². The van der Waals surface area contributed by atoms with Crippen LogP contribution in [0.3, 0.4) is 0 Å². The van der Waals surface area contributed by atoms with Gasteiger partial charge in [-0.15, -0.1) is 0 Å². The van der Waals surface area contributed by atoms with E-state index in [1.54, 1.807) is 0 Å². The SMILES string of the molecule is CCc1ccc(N(c2ccc(C)cc2)c2ccc(-c3ccc(N(c4ccc(C)cc4)c4ccc(C)cc4)cc3)cc2)cc1. The van der Waals surface area contributed by atoms with Gasteiger partial charge in [-0.2, -0.15) is 0 Å². The smallest absolute Gasteiger partial charge is 0.0462 e. The summed E-state index contributed by atoms with van der Waals surface area (Å²) in [7, 11) is 0. The summed E-state index contributed by atoms with van der Waals surface area (Å²) in [4.78, 5) is 4.64. The summed E-state index contributed by atoms with van der Waals surface area (Å²) in [6.07, 6.45) is 1.03. The summed E-state index contributed by atoms with van der Waals surface area (Å²) in [6.45, 7) is 8.58. The van der Waals surface area contributed by atoms with E-state index in [1.807, 2.05) is 0 Å². The maximum absolute atomic E-state index is 2.33. The van der Waals surface area contributed by atoms with Gasteiger partial charge in [-0.1, -0.05) is 96.4 Å². The summed E-state index contributed by atoms with van der Waals surface area (Å²) < 4.78 is 0. The van der Waals surface area contributed by atoms with Crippen molar-refractivity contribution >= 4 is 34.1 Å². The standard InChI is InChI=1S/C41H38N2/c1-5-33-12-24-39(25-13-33)43(38-22-10-32(4)11-23-38)41-28-16-35(17-29-41)34-14-26-40(27-15-34)42(36-18-6-30(2)7-19-36)37-20-8-31(3)9-21-37/h6-29H,5H2,1-4H3. The van der Waals surface area contributed by atoms with Crippen molar-refractivity contribution in [3.63, 3.8) is 0 Å². The molecule has 0 aliphatic rings. The molecule has 43 heavy (non-hydrogen) atoms. The lowest BCUT2D eigenvalue weighted by molar-refractivity contribution is 1.14. The van der Waals surface area contributed by atoms with Crippen LogP contribution in [0.5, 0.6) is 0 Å². The fourth-order valence-electron chi connectivity index (χ4n) is 5.46. The summed E-state index contributed by atoms with van der Waals surface area (Å²) in [5, 5.41) is 0. The number of aryl methyl sites for hydroxylation is 4. The Morgan fingerprint density at radius 1 is 0.326 bits per heavy atom. The first-order chi connectivity index (χ1) is 21.0. The Bertz CT molecular complexity index is 1720. The van der Waals surface area contributed by atoms with Crippen molar-refractivity contribution in [3.8, 4) is 11.1 Å². The topological polar surface area (TPSA) is 6.48 Å². The second kappa shape index (κ2) is 12.4. The molecule has 0 N–H and O–H groups in total. The Labute approximate surface area is 256 Å².